The lowest BCUT2D eigenvalue weighted by atomic mass is 10.0. The highest BCUT2D eigenvalue weighted by Gasteiger charge is 2.12. The molecule has 2 N–H and O–H groups in total. The van der Waals surface area contributed by atoms with Crippen LogP contribution in [0.4, 0.5) is 0 Å². The Labute approximate surface area is 150 Å². The number of rotatable bonds is 10. The molecule has 0 amide bonds. The Balaban J connectivity index is 2.04. The lowest BCUT2D eigenvalue weighted by Gasteiger charge is -2.09. The van der Waals surface area contributed by atoms with Gasteiger partial charge in [-0.1, -0.05) is 45.1 Å². The summed E-state index contributed by atoms with van der Waals surface area (Å²) >= 11 is 1.61. The molecule has 24 heavy (non-hydrogen) atoms. The number of ether oxygens (including phenoxy) is 1. The first kappa shape index (κ1) is 18.9. The van der Waals surface area contributed by atoms with Crippen molar-refractivity contribution < 1.29 is 4.74 Å². The first-order chi connectivity index (χ1) is 11.7. The van der Waals surface area contributed by atoms with E-state index in [1.165, 1.54) is 44.1 Å². The summed E-state index contributed by atoms with van der Waals surface area (Å²) in [5.74, 6) is 0.878. The molecule has 0 aliphatic heterocycles. The number of hydrogen-bond donors (Lipinski definition) is 1. The third-order valence-corrected chi connectivity index (χ3v) is 5.32. The second kappa shape index (κ2) is 9.80. The molecule has 1 aromatic carbocycles. The summed E-state index contributed by atoms with van der Waals surface area (Å²) in [6, 6.07) is 6.44. The minimum absolute atomic E-state index is 0.0268. The van der Waals surface area contributed by atoms with Crippen molar-refractivity contribution in [2.24, 2.45) is 5.73 Å². The van der Waals surface area contributed by atoms with Crippen LogP contribution in [0.25, 0.3) is 11.3 Å². The third-order valence-electron chi connectivity index (χ3n) is 4.27. The Bertz CT molecular complexity index is 622. The van der Waals surface area contributed by atoms with Gasteiger partial charge >= 0.3 is 0 Å². The Kier molecular flexibility index (Phi) is 7.73. The SMILES string of the molecule is CCCCCCCCc1ccc(OC)c(-c2csc(C(C)N)n2)c1. The van der Waals surface area contributed by atoms with Crippen molar-refractivity contribution in [3.05, 3.63) is 34.2 Å². The first-order valence-corrected chi connectivity index (χ1v) is 9.92. The van der Waals surface area contributed by atoms with Gasteiger partial charge in [0, 0.05) is 10.9 Å². The van der Waals surface area contributed by atoms with Crippen molar-refractivity contribution in [2.75, 3.05) is 7.11 Å². The molecular formula is C20H30N2OS. The Morgan fingerprint density at radius 2 is 1.92 bits per heavy atom. The van der Waals surface area contributed by atoms with Crippen molar-refractivity contribution in [3.63, 3.8) is 0 Å². The highest BCUT2D eigenvalue weighted by Crippen LogP contribution is 2.33. The molecule has 2 aromatic rings. The third kappa shape index (κ3) is 5.32. The molecule has 1 heterocycles. The monoisotopic (exact) mass is 346 g/mol. The standard InChI is InChI=1S/C20H30N2OS/c1-4-5-6-7-8-9-10-16-11-12-19(23-3)17(13-16)18-14-24-20(22-18)15(2)21/h11-15H,4-10,21H2,1-3H3. The van der Waals surface area contributed by atoms with Gasteiger partial charge in [-0.3, -0.25) is 0 Å². The Morgan fingerprint density at radius 3 is 2.58 bits per heavy atom. The summed E-state index contributed by atoms with van der Waals surface area (Å²) in [5.41, 5.74) is 9.34. The number of unbranched alkanes of at least 4 members (excludes halogenated alkanes) is 5. The van der Waals surface area contributed by atoms with Gasteiger partial charge in [-0.25, -0.2) is 4.98 Å². The maximum Gasteiger partial charge on any atom is 0.128 e. The van der Waals surface area contributed by atoms with Crippen LogP contribution in [0.1, 0.15) is 69.0 Å². The lowest BCUT2D eigenvalue weighted by Crippen LogP contribution is -2.04. The van der Waals surface area contributed by atoms with E-state index in [4.69, 9.17) is 10.5 Å². The number of nitrogens with two attached hydrogens (primary N) is 1. The zero-order valence-corrected chi connectivity index (χ0v) is 16.0. The summed E-state index contributed by atoms with van der Waals surface area (Å²) in [7, 11) is 1.71. The number of thiazole rings is 1. The van der Waals surface area contributed by atoms with Gasteiger partial charge in [0.15, 0.2) is 0 Å². The normalized spacial score (nSPS) is 12.3. The fraction of sp³-hybridized carbons (Fsp3) is 0.550. The van der Waals surface area contributed by atoms with E-state index in [1.54, 1.807) is 18.4 Å². The maximum absolute atomic E-state index is 5.94. The molecule has 0 saturated heterocycles. The van der Waals surface area contributed by atoms with Gasteiger partial charge in [-0.2, -0.15) is 0 Å². The molecule has 1 unspecified atom stereocenters. The van der Waals surface area contributed by atoms with Crippen LogP contribution >= 0.6 is 11.3 Å². The smallest absolute Gasteiger partial charge is 0.128 e. The predicted molar refractivity (Wildman–Crippen MR) is 104 cm³/mol. The molecule has 1 atom stereocenters. The van der Waals surface area contributed by atoms with Crippen LogP contribution in [0, 0.1) is 0 Å². The average Bonchev–Trinajstić information content (AvgIpc) is 3.08. The minimum atomic E-state index is -0.0268. The number of hydrogen-bond acceptors (Lipinski definition) is 4. The van der Waals surface area contributed by atoms with Crippen LogP contribution in [0.15, 0.2) is 23.6 Å². The van der Waals surface area contributed by atoms with E-state index < -0.39 is 0 Å². The summed E-state index contributed by atoms with van der Waals surface area (Å²) in [4.78, 5) is 4.67. The predicted octanol–water partition coefficient (Wildman–Crippen LogP) is 5.74. The van der Waals surface area contributed by atoms with E-state index >= 15 is 0 Å². The van der Waals surface area contributed by atoms with Crippen molar-refractivity contribution in [1.29, 1.82) is 0 Å². The zero-order chi connectivity index (χ0) is 17.4. The summed E-state index contributed by atoms with van der Waals surface area (Å²) in [6.07, 6.45) is 9.05. The first-order valence-electron chi connectivity index (χ1n) is 9.04. The zero-order valence-electron chi connectivity index (χ0n) is 15.2. The molecule has 0 bridgehead atoms. The highest BCUT2D eigenvalue weighted by atomic mass is 32.1. The summed E-state index contributed by atoms with van der Waals surface area (Å²) in [6.45, 7) is 4.23. The molecule has 132 valence electrons. The Hall–Kier alpha value is -1.39. The Morgan fingerprint density at radius 1 is 1.17 bits per heavy atom. The van der Waals surface area contributed by atoms with Gasteiger partial charge in [0.25, 0.3) is 0 Å². The van der Waals surface area contributed by atoms with Crippen LogP contribution in [0.5, 0.6) is 5.75 Å². The largest absolute Gasteiger partial charge is 0.496 e. The average molecular weight is 347 g/mol. The van der Waals surface area contributed by atoms with Crippen LogP contribution in [-0.4, -0.2) is 12.1 Å². The van der Waals surface area contributed by atoms with Gasteiger partial charge in [-0.05, 0) is 37.5 Å². The number of aryl methyl sites for hydroxylation is 1. The molecule has 0 saturated carbocycles. The van der Waals surface area contributed by atoms with Gasteiger partial charge in [0.1, 0.15) is 10.8 Å². The fourth-order valence-corrected chi connectivity index (χ4v) is 3.62. The van der Waals surface area contributed by atoms with E-state index in [0.717, 1.165) is 28.4 Å². The van der Waals surface area contributed by atoms with E-state index in [2.05, 4.69) is 35.5 Å². The second-order valence-corrected chi connectivity index (χ2v) is 7.30. The fourth-order valence-electron chi connectivity index (χ4n) is 2.84. The van der Waals surface area contributed by atoms with E-state index in [-0.39, 0.29) is 6.04 Å². The molecule has 4 heteroatoms. The summed E-state index contributed by atoms with van der Waals surface area (Å²) in [5, 5.41) is 3.04. The molecule has 1 aromatic heterocycles. The van der Waals surface area contributed by atoms with E-state index in [1.807, 2.05) is 6.92 Å². The topological polar surface area (TPSA) is 48.1 Å². The number of methoxy groups -OCH3 is 1. The molecule has 0 spiro atoms. The van der Waals surface area contributed by atoms with E-state index in [0.29, 0.717) is 0 Å². The van der Waals surface area contributed by atoms with E-state index in [9.17, 15) is 0 Å². The number of nitrogens with zero attached hydrogens (tertiary/aromatic N) is 1. The molecule has 0 aliphatic rings. The molecular weight excluding hydrogens is 316 g/mol. The molecule has 0 radical (unpaired) electrons. The van der Waals surface area contributed by atoms with Gasteiger partial charge in [0.2, 0.25) is 0 Å². The highest BCUT2D eigenvalue weighted by molar-refractivity contribution is 7.10. The molecule has 3 nitrogen and oxygen atoms in total. The van der Waals surface area contributed by atoms with Gasteiger partial charge < -0.3 is 10.5 Å². The molecule has 2 rings (SSSR count). The maximum atomic E-state index is 5.94. The van der Waals surface area contributed by atoms with Gasteiger partial charge in [0.05, 0.1) is 18.8 Å². The van der Waals surface area contributed by atoms with Crippen molar-refractivity contribution in [3.8, 4) is 17.0 Å². The van der Waals surface area contributed by atoms with Crippen molar-refractivity contribution in [1.82, 2.24) is 4.98 Å². The van der Waals surface area contributed by atoms with Crippen LogP contribution in [0.2, 0.25) is 0 Å². The molecule has 0 aliphatic carbocycles. The van der Waals surface area contributed by atoms with Crippen molar-refractivity contribution in [2.45, 2.75) is 64.8 Å². The number of aromatic nitrogens is 1. The minimum Gasteiger partial charge on any atom is -0.496 e. The van der Waals surface area contributed by atoms with Crippen LogP contribution < -0.4 is 10.5 Å². The summed E-state index contributed by atoms with van der Waals surface area (Å²) < 4.78 is 5.53. The lowest BCUT2D eigenvalue weighted by molar-refractivity contribution is 0.416. The van der Waals surface area contributed by atoms with Crippen LogP contribution in [-0.2, 0) is 6.42 Å². The van der Waals surface area contributed by atoms with Crippen LogP contribution in [0.3, 0.4) is 0 Å². The second-order valence-electron chi connectivity index (χ2n) is 6.41. The number of benzene rings is 1. The van der Waals surface area contributed by atoms with Crippen molar-refractivity contribution >= 4 is 11.3 Å². The van der Waals surface area contributed by atoms with Gasteiger partial charge in [-0.15, -0.1) is 11.3 Å². The quantitative estimate of drug-likeness (QED) is 0.558. The molecule has 0 fully saturated rings.